The van der Waals surface area contributed by atoms with E-state index >= 15 is 0 Å². The first kappa shape index (κ1) is 13.2. The zero-order valence-corrected chi connectivity index (χ0v) is 12.2. The summed E-state index contributed by atoms with van der Waals surface area (Å²) in [6, 6.07) is 5.90. The second kappa shape index (κ2) is 5.66. The molecule has 0 aliphatic carbocycles. The molecular formula is C14H17N3O2S. The molecule has 2 aromatic rings. The van der Waals surface area contributed by atoms with Crippen molar-refractivity contribution in [3.63, 3.8) is 0 Å². The molecule has 1 saturated heterocycles. The van der Waals surface area contributed by atoms with Gasteiger partial charge in [0.2, 0.25) is 0 Å². The lowest BCUT2D eigenvalue weighted by Crippen LogP contribution is -2.38. The molecule has 1 aliphatic rings. The first-order chi connectivity index (χ1) is 9.74. The Hall–Kier alpha value is -1.82. The van der Waals surface area contributed by atoms with E-state index in [-0.39, 0.29) is 12.1 Å². The summed E-state index contributed by atoms with van der Waals surface area (Å²) in [5.41, 5.74) is 0.853. The first-order valence-electron chi connectivity index (χ1n) is 6.74. The number of urea groups is 1. The monoisotopic (exact) mass is 291 g/mol. The van der Waals surface area contributed by atoms with E-state index in [4.69, 9.17) is 4.52 Å². The lowest BCUT2D eigenvalue weighted by molar-refractivity contribution is 0.182. The van der Waals surface area contributed by atoms with E-state index in [0.29, 0.717) is 6.54 Å². The smallest absolute Gasteiger partial charge is 0.318 e. The fourth-order valence-corrected chi connectivity index (χ4v) is 3.17. The molecular weight excluding hydrogens is 274 g/mol. The number of aromatic nitrogens is 1. The van der Waals surface area contributed by atoms with Crippen LogP contribution in [-0.2, 0) is 6.54 Å². The van der Waals surface area contributed by atoms with E-state index in [1.807, 2.05) is 35.4 Å². The van der Waals surface area contributed by atoms with Gasteiger partial charge in [0.1, 0.15) is 0 Å². The molecule has 5 nitrogen and oxygen atoms in total. The number of hydrogen-bond donors (Lipinski definition) is 1. The van der Waals surface area contributed by atoms with Crippen LogP contribution in [0, 0.1) is 6.92 Å². The number of likely N-dealkylation sites (tertiary alicyclic amines) is 1. The average molecular weight is 291 g/mol. The van der Waals surface area contributed by atoms with Crippen LogP contribution in [0.2, 0.25) is 0 Å². The van der Waals surface area contributed by atoms with Crippen molar-refractivity contribution in [1.29, 1.82) is 0 Å². The van der Waals surface area contributed by atoms with Crippen LogP contribution in [0.3, 0.4) is 0 Å². The van der Waals surface area contributed by atoms with Crippen molar-refractivity contribution < 1.29 is 9.32 Å². The molecule has 0 spiro atoms. The summed E-state index contributed by atoms with van der Waals surface area (Å²) in [5.74, 6) is 0.784. The summed E-state index contributed by atoms with van der Waals surface area (Å²) in [6.45, 7) is 3.24. The molecule has 2 amide bonds. The van der Waals surface area contributed by atoms with Crippen molar-refractivity contribution in [2.24, 2.45) is 0 Å². The number of rotatable bonds is 3. The first-order valence-corrected chi connectivity index (χ1v) is 7.62. The van der Waals surface area contributed by atoms with Crippen molar-refractivity contribution in [2.45, 2.75) is 32.4 Å². The zero-order chi connectivity index (χ0) is 13.9. The van der Waals surface area contributed by atoms with Gasteiger partial charge in [-0.15, -0.1) is 11.3 Å². The topological polar surface area (TPSA) is 58.4 Å². The van der Waals surface area contributed by atoms with Gasteiger partial charge in [0, 0.05) is 17.5 Å². The van der Waals surface area contributed by atoms with Gasteiger partial charge in [-0.05, 0) is 31.2 Å². The van der Waals surface area contributed by atoms with Gasteiger partial charge < -0.3 is 14.7 Å². The van der Waals surface area contributed by atoms with Crippen LogP contribution < -0.4 is 5.32 Å². The Morgan fingerprint density at radius 3 is 3.25 bits per heavy atom. The molecule has 0 unspecified atom stereocenters. The molecule has 0 bridgehead atoms. The summed E-state index contributed by atoms with van der Waals surface area (Å²) in [5, 5.41) is 8.89. The van der Waals surface area contributed by atoms with Gasteiger partial charge in [-0.2, -0.15) is 0 Å². The molecule has 2 aromatic heterocycles. The predicted octanol–water partition coefficient (Wildman–Crippen LogP) is 3.09. The molecule has 1 N–H and O–H groups in total. The minimum Gasteiger partial charge on any atom is -0.359 e. The van der Waals surface area contributed by atoms with Crippen LogP contribution in [0.5, 0.6) is 0 Å². The number of nitrogens with zero attached hydrogens (tertiary/aromatic N) is 2. The summed E-state index contributed by atoms with van der Waals surface area (Å²) < 4.78 is 5.31. The molecule has 20 heavy (non-hydrogen) atoms. The normalized spacial score (nSPS) is 18.4. The third kappa shape index (κ3) is 2.70. The average Bonchev–Trinajstić information content (AvgIpc) is 3.16. The molecule has 6 heteroatoms. The van der Waals surface area contributed by atoms with Gasteiger partial charge in [0.15, 0.2) is 5.76 Å². The SMILES string of the molecule is Cc1cc([C@@H]2CCCN2C(=O)NCc2cccs2)on1. The molecule has 1 fully saturated rings. The number of carbonyl (C=O) groups is 1. The van der Waals surface area contributed by atoms with Gasteiger partial charge >= 0.3 is 6.03 Å². The molecule has 1 aliphatic heterocycles. The molecule has 106 valence electrons. The van der Waals surface area contributed by atoms with Gasteiger partial charge in [-0.3, -0.25) is 0 Å². The van der Waals surface area contributed by atoms with Crippen molar-refractivity contribution in [1.82, 2.24) is 15.4 Å². The fourth-order valence-electron chi connectivity index (χ4n) is 2.52. The van der Waals surface area contributed by atoms with E-state index in [9.17, 15) is 4.79 Å². The van der Waals surface area contributed by atoms with Crippen LogP contribution in [0.4, 0.5) is 4.79 Å². The number of amides is 2. The predicted molar refractivity (Wildman–Crippen MR) is 76.5 cm³/mol. The number of nitrogens with one attached hydrogen (secondary N) is 1. The second-order valence-electron chi connectivity index (χ2n) is 4.96. The van der Waals surface area contributed by atoms with Crippen molar-refractivity contribution >= 4 is 17.4 Å². The number of carbonyl (C=O) groups excluding carboxylic acids is 1. The maximum atomic E-state index is 12.3. The van der Waals surface area contributed by atoms with Crippen LogP contribution in [-0.4, -0.2) is 22.6 Å². The summed E-state index contributed by atoms with van der Waals surface area (Å²) in [4.78, 5) is 15.3. The van der Waals surface area contributed by atoms with Crippen molar-refractivity contribution in [3.05, 3.63) is 39.9 Å². The largest absolute Gasteiger partial charge is 0.359 e. The number of hydrogen-bond acceptors (Lipinski definition) is 4. The minimum atomic E-state index is -0.0325. The summed E-state index contributed by atoms with van der Waals surface area (Å²) in [7, 11) is 0. The standard InChI is InChI=1S/C14H17N3O2S/c1-10-8-13(19-16-10)12-5-2-6-17(12)14(18)15-9-11-4-3-7-20-11/h3-4,7-8,12H,2,5-6,9H2,1H3,(H,15,18)/t12-/m0/s1. The Bertz CT molecular complexity index is 579. The quantitative estimate of drug-likeness (QED) is 0.945. The van der Waals surface area contributed by atoms with E-state index < -0.39 is 0 Å². The van der Waals surface area contributed by atoms with E-state index in [0.717, 1.165) is 35.7 Å². The highest BCUT2D eigenvalue weighted by molar-refractivity contribution is 7.09. The minimum absolute atomic E-state index is 0.0135. The molecule has 1 atom stereocenters. The summed E-state index contributed by atoms with van der Waals surface area (Å²) in [6.07, 6.45) is 1.93. The van der Waals surface area contributed by atoms with Crippen LogP contribution in [0.1, 0.15) is 35.2 Å². The van der Waals surface area contributed by atoms with Crippen molar-refractivity contribution in [2.75, 3.05) is 6.54 Å². The number of thiophene rings is 1. The highest BCUT2D eigenvalue weighted by Gasteiger charge is 2.32. The molecule has 3 rings (SSSR count). The van der Waals surface area contributed by atoms with E-state index in [1.54, 1.807) is 11.3 Å². The Kier molecular flexibility index (Phi) is 3.73. The third-order valence-electron chi connectivity index (χ3n) is 3.48. The molecule has 0 saturated carbocycles. The maximum Gasteiger partial charge on any atom is 0.318 e. The maximum absolute atomic E-state index is 12.3. The molecule has 0 aromatic carbocycles. The highest BCUT2D eigenvalue weighted by atomic mass is 32.1. The van der Waals surface area contributed by atoms with Crippen LogP contribution >= 0.6 is 11.3 Å². The van der Waals surface area contributed by atoms with Crippen LogP contribution in [0.25, 0.3) is 0 Å². The zero-order valence-electron chi connectivity index (χ0n) is 11.3. The van der Waals surface area contributed by atoms with E-state index in [2.05, 4.69) is 10.5 Å². The Morgan fingerprint density at radius 1 is 1.65 bits per heavy atom. The lowest BCUT2D eigenvalue weighted by atomic mass is 10.1. The Labute approximate surface area is 121 Å². The lowest BCUT2D eigenvalue weighted by Gasteiger charge is -2.22. The Morgan fingerprint density at radius 2 is 2.55 bits per heavy atom. The van der Waals surface area contributed by atoms with Gasteiger partial charge in [0.25, 0.3) is 0 Å². The van der Waals surface area contributed by atoms with Gasteiger partial charge in [-0.1, -0.05) is 11.2 Å². The third-order valence-corrected chi connectivity index (χ3v) is 4.36. The van der Waals surface area contributed by atoms with Crippen LogP contribution in [0.15, 0.2) is 28.1 Å². The molecule has 0 radical (unpaired) electrons. The van der Waals surface area contributed by atoms with E-state index in [1.165, 1.54) is 0 Å². The van der Waals surface area contributed by atoms with Gasteiger partial charge in [-0.25, -0.2) is 4.79 Å². The summed E-state index contributed by atoms with van der Waals surface area (Å²) >= 11 is 1.65. The molecule has 3 heterocycles. The van der Waals surface area contributed by atoms with Crippen molar-refractivity contribution in [3.8, 4) is 0 Å². The Balaban J connectivity index is 1.64. The number of aryl methyl sites for hydroxylation is 1. The highest BCUT2D eigenvalue weighted by Crippen LogP contribution is 2.32. The second-order valence-corrected chi connectivity index (χ2v) is 5.99. The van der Waals surface area contributed by atoms with Gasteiger partial charge in [0.05, 0.1) is 18.3 Å². The fraction of sp³-hybridized carbons (Fsp3) is 0.429.